The molecule has 0 saturated carbocycles. The Labute approximate surface area is 62.0 Å². The fourth-order valence-corrected chi connectivity index (χ4v) is 0.639. The molecule has 0 aliphatic heterocycles. The van der Waals surface area contributed by atoms with Gasteiger partial charge in [0.15, 0.2) is 0 Å². The van der Waals surface area contributed by atoms with E-state index in [-0.39, 0.29) is 5.56 Å². The Morgan fingerprint density at radius 2 is 1.91 bits per heavy atom. The molecule has 0 unspecified atom stereocenters. The predicted octanol–water partition coefficient (Wildman–Crippen LogP) is 1.46. The Morgan fingerprint density at radius 3 is 2.36 bits per heavy atom. The Bertz CT molecular complexity index is 255. The lowest BCUT2D eigenvalue weighted by Gasteiger charge is -1.94. The number of rotatable bonds is 1. The first kappa shape index (κ1) is 7.68. The van der Waals surface area contributed by atoms with E-state index in [0.717, 1.165) is 12.1 Å². The molecule has 11 heavy (non-hydrogen) atoms. The molecule has 0 radical (unpaired) electrons. The summed E-state index contributed by atoms with van der Waals surface area (Å²) in [5.41, 5.74) is 0.105. The number of benzene rings is 1. The third-order valence-corrected chi connectivity index (χ3v) is 1.16. The van der Waals surface area contributed by atoms with Crippen molar-refractivity contribution in [3.63, 3.8) is 0 Å². The summed E-state index contributed by atoms with van der Waals surface area (Å²) in [6.45, 7) is 0. The predicted molar refractivity (Wildman–Crippen MR) is 34.4 cm³/mol. The van der Waals surface area contributed by atoms with Gasteiger partial charge in [-0.25, -0.2) is 9.18 Å². The molecule has 0 amide bonds. The quantitative estimate of drug-likeness (QED) is 0.494. The number of hydrogen-bond acceptors (Lipinski definition) is 3. The van der Waals surface area contributed by atoms with Gasteiger partial charge in [-0.05, 0) is 24.3 Å². The van der Waals surface area contributed by atoms with E-state index in [1.165, 1.54) is 12.1 Å². The van der Waals surface area contributed by atoms with Gasteiger partial charge in [-0.15, -0.1) is 0 Å². The van der Waals surface area contributed by atoms with Gasteiger partial charge in [0.05, 0.1) is 5.56 Å². The first-order chi connectivity index (χ1) is 5.24. The van der Waals surface area contributed by atoms with Crippen molar-refractivity contribution in [2.75, 3.05) is 0 Å². The maximum absolute atomic E-state index is 12.2. The summed E-state index contributed by atoms with van der Waals surface area (Å²) >= 11 is 0. The standard InChI is InChI=1S/C7H5FO3/c8-6-3-1-5(2-4-6)7(9)11-10/h1-4,10H. The van der Waals surface area contributed by atoms with Gasteiger partial charge < -0.3 is 0 Å². The second kappa shape index (κ2) is 3.12. The van der Waals surface area contributed by atoms with Crippen molar-refractivity contribution < 1.29 is 19.3 Å². The molecular formula is C7H5FO3. The number of carbonyl (C=O) groups is 1. The van der Waals surface area contributed by atoms with E-state index in [2.05, 4.69) is 4.89 Å². The van der Waals surface area contributed by atoms with E-state index in [9.17, 15) is 9.18 Å². The smallest absolute Gasteiger partial charge is 0.296 e. The highest BCUT2D eigenvalue weighted by Crippen LogP contribution is 2.03. The van der Waals surface area contributed by atoms with Crippen molar-refractivity contribution in [2.24, 2.45) is 0 Å². The molecule has 0 aliphatic rings. The zero-order chi connectivity index (χ0) is 8.27. The molecule has 0 atom stereocenters. The molecule has 58 valence electrons. The number of hydrogen-bond donors (Lipinski definition) is 1. The van der Waals surface area contributed by atoms with Gasteiger partial charge in [0.1, 0.15) is 5.82 Å². The zero-order valence-corrected chi connectivity index (χ0v) is 5.45. The van der Waals surface area contributed by atoms with Gasteiger partial charge in [-0.3, -0.25) is 4.89 Å². The van der Waals surface area contributed by atoms with Crippen LogP contribution >= 0.6 is 0 Å². The van der Waals surface area contributed by atoms with Gasteiger partial charge in [-0.1, -0.05) is 0 Å². The lowest BCUT2D eigenvalue weighted by Crippen LogP contribution is -2.00. The van der Waals surface area contributed by atoms with Crippen LogP contribution in [0.3, 0.4) is 0 Å². The minimum absolute atomic E-state index is 0.105. The summed E-state index contributed by atoms with van der Waals surface area (Å²) in [5.74, 6) is -1.34. The van der Waals surface area contributed by atoms with E-state index in [0.29, 0.717) is 0 Å². The van der Waals surface area contributed by atoms with Gasteiger partial charge in [-0.2, -0.15) is 5.26 Å². The molecule has 3 nitrogen and oxygen atoms in total. The molecule has 1 N–H and O–H groups in total. The van der Waals surface area contributed by atoms with Crippen molar-refractivity contribution in [1.82, 2.24) is 0 Å². The van der Waals surface area contributed by atoms with Crippen LogP contribution in [0.15, 0.2) is 24.3 Å². The average molecular weight is 156 g/mol. The molecule has 0 fully saturated rings. The third-order valence-electron chi connectivity index (χ3n) is 1.16. The Kier molecular flexibility index (Phi) is 2.18. The minimum Gasteiger partial charge on any atom is -0.296 e. The van der Waals surface area contributed by atoms with E-state index < -0.39 is 11.8 Å². The fourth-order valence-electron chi connectivity index (χ4n) is 0.639. The number of carbonyl (C=O) groups excluding carboxylic acids is 1. The summed E-state index contributed by atoms with van der Waals surface area (Å²) in [6.07, 6.45) is 0. The molecule has 0 spiro atoms. The van der Waals surface area contributed by atoms with Crippen LogP contribution in [-0.4, -0.2) is 11.2 Å². The van der Waals surface area contributed by atoms with Gasteiger partial charge in [0.2, 0.25) is 0 Å². The van der Waals surface area contributed by atoms with Gasteiger partial charge in [0, 0.05) is 0 Å². The Balaban J connectivity index is 2.90. The largest absolute Gasteiger partial charge is 0.372 e. The van der Waals surface area contributed by atoms with Crippen molar-refractivity contribution in [3.05, 3.63) is 35.6 Å². The summed E-state index contributed by atoms with van der Waals surface area (Å²) in [5, 5.41) is 7.91. The van der Waals surface area contributed by atoms with E-state index in [1.54, 1.807) is 0 Å². The maximum Gasteiger partial charge on any atom is 0.372 e. The maximum atomic E-state index is 12.2. The monoisotopic (exact) mass is 156 g/mol. The van der Waals surface area contributed by atoms with Crippen LogP contribution in [0.2, 0.25) is 0 Å². The summed E-state index contributed by atoms with van der Waals surface area (Å²) in [6, 6.07) is 4.64. The molecule has 1 aromatic carbocycles. The van der Waals surface area contributed by atoms with Crippen LogP contribution in [-0.2, 0) is 4.89 Å². The average Bonchev–Trinajstić information content (AvgIpc) is 2.05. The molecule has 1 aromatic rings. The number of halogens is 1. The zero-order valence-electron chi connectivity index (χ0n) is 5.45. The lowest BCUT2D eigenvalue weighted by atomic mass is 10.2. The first-order valence-corrected chi connectivity index (χ1v) is 2.85. The molecule has 0 heterocycles. The van der Waals surface area contributed by atoms with Crippen molar-refractivity contribution in [1.29, 1.82) is 0 Å². The summed E-state index contributed by atoms with van der Waals surface area (Å²) < 4.78 is 12.2. The molecule has 0 aromatic heterocycles. The molecule has 1 rings (SSSR count). The molecular weight excluding hydrogens is 151 g/mol. The van der Waals surface area contributed by atoms with E-state index in [4.69, 9.17) is 5.26 Å². The van der Waals surface area contributed by atoms with Crippen molar-refractivity contribution in [2.45, 2.75) is 0 Å². The second-order valence-electron chi connectivity index (χ2n) is 1.89. The SMILES string of the molecule is O=C(OO)c1ccc(F)cc1. The van der Waals surface area contributed by atoms with Crippen LogP contribution in [0.25, 0.3) is 0 Å². The Morgan fingerprint density at radius 1 is 1.36 bits per heavy atom. The van der Waals surface area contributed by atoms with Gasteiger partial charge in [0.25, 0.3) is 0 Å². The molecule has 4 heteroatoms. The molecule has 0 saturated heterocycles. The highest BCUT2D eigenvalue weighted by molar-refractivity contribution is 5.88. The van der Waals surface area contributed by atoms with Gasteiger partial charge >= 0.3 is 5.97 Å². The van der Waals surface area contributed by atoms with Crippen LogP contribution in [0, 0.1) is 5.82 Å². The van der Waals surface area contributed by atoms with Crippen LogP contribution in [0.1, 0.15) is 10.4 Å². The topological polar surface area (TPSA) is 46.5 Å². The second-order valence-corrected chi connectivity index (χ2v) is 1.89. The van der Waals surface area contributed by atoms with E-state index in [1.807, 2.05) is 0 Å². The van der Waals surface area contributed by atoms with Crippen LogP contribution < -0.4 is 0 Å². The van der Waals surface area contributed by atoms with Crippen molar-refractivity contribution >= 4 is 5.97 Å². The van der Waals surface area contributed by atoms with Crippen molar-refractivity contribution in [3.8, 4) is 0 Å². The molecule has 0 bridgehead atoms. The Hall–Kier alpha value is -1.42. The molecule has 0 aliphatic carbocycles. The first-order valence-electron chi connectivity index (χ1n) is 2.85. The fraction of sp³-hybridized carbons (Fsp3) is 0. The minimum atomic E-state index is -0.898. The van der Waals surface area contributed by atoms with E-state index >= 15 is 0 Å². The van der Waals surface area contributed by atoms with Crippen LogP contribution in [0.5, 0.6) is 0 Å². The third kappa shape index (κ3) is 1.75. The highest BCUT2D eigenvalue weighted by atomic mass is 19.1. The lowest BCUT2D eigenvalue weighted by molar-refractivity contribution is -0.182. The summed E-state index contributed by atoms with van der Waals surface area (Å²) in [4.78, 5) is 13.9. The normalized spacial score (nSPS) is 9.27. The highest BCUT2D eigenvalue weighted by Gasteiger charge is 2.04. The van der Waals surface area contributed by atoms with Crippen LogP contribution in [0.4, 0.5) is 4.39 Å². The summed E-state index contributed by atoms with van der Waals surface area (Å²) in [7, 11) is 0.